The number of rotatable bonds is 8. The van der Waals surface area contributed by atoms with Gasteiger partial charge in [-0.05, 0) is 52.5 Å². The SMILES string of the molecule is CC(=O)O[C@@H](C)/C=C\C(=O)NC1C[C@H](C)C(C/C=C(C)/C=C/C2O[C@](C)(O)C[C@]3(CO3)[C@@H]2O)O[C@@H]1C. The molecule has 0 radical (unpaired) electrons. The van der Waals surface area contributed by atoms with E-state index in [1.54, 1.807) is 26.0 Å². The standard InChI is InChI=1S/C27H41NO8/c1-16(8-11-23-25(31)27(15-33-27)14-26(6,32)36-23)7-10-22-17(2)13-21(19(4)35-22)28-24(30)12-9-18(3)34-20(5)29/h7-9,11-12,17-19,21-23,25,31-32H,10,13-15H2,1-6H3,(H,28,30)/b11-8+,12-9-,16-7+/t17-,18-,19+,21?,22?,23?,25+,26-,27-/m0/s1. The Morgan fingerprint density at radius 2 is 1.94 bits per heavy atom. The first-order valence-corrected chi connectivity index (χ1v) is 12.7. The van der Waals surface area contributed by atoms with Crippen LogP contribution in [0.1, 0.15) is 60.8 Å². The van der Waals surface area contributed by atoms with E-state index in [0.717, 1.165) is 12.0 Å². The minimum Gasteiger partial charge on any atom is -0.459 e. The Morgan fingerprint density at radius 1 is 1.25 bits per heavy atom. The minimum atomic E-state index is -1.34. The van der Waals surface area contributed by atoms with E-state index >= 15 is 0 Å². The van der Waals surface area contributed by atoms with E-state index in [1.807, 2.05) is 19.9 Å². The number of hydrogen-bond acceptors (Lipinski definition) is 8. The van der Waals surface area contributed by atoms with Crippen molar-refractivity contribution in [1.82, 2.24) is 5.32 Å². The van der Waals surface area contributed by atoms with Crippen LogP contribution in [0.3, 0.4) is 0 Å². The maximum atomic E-state index is 12.3. The van der Waals surface area contributed by atoms with E-state index in [9.17, 15) is 19.8 Å². The van der Waals surface area contributed by atoms with E-state index in [4.69, 9.17) is 18.9 Å². The highest BCUT2D eigenvalue weighted by atomic mass is 16.7. The summed E-state index contributed by atoms with van der Waals surface area (Å²) in [6.45, 7) is 11.1. The zero-order chi connectivity index (χ0) is 26.7. The van der Waals surface area contributed by atoms with Gasteiger partial charge in [0.15, 0.2) is 5.79 Å². The molecule has 3 aliphatic rings. The van der Waals surface area contributed by atoms with Gasteiger partial charge < -0.3 is 34.5 Å². The molecule has 3 saturated heterocycles. The van der Waals surface area contributed by atoms with Crippen molar-refractivity contribution in [3.8, 4) is 0 Å². The molecule has 9 heteroatoms. The topological polar surface area (TPSA) is 127 Å². The summed E-state index contributed by atoms with van der Waals surface area (Å²) in [5, 5.41) is 23.9. The lowest BCUT2D eigenvalue weighted by atomic mass is 9.87. The summed E-state index contributed by atoms with van der Waals surface area (Å²) >= 11 is 0. The maximum Gasteiger partial charge on any atom is 0.303 e. The zero-order valence-corrected chi connectivity index (χ0v) is 22.1. The highest BCUT2D eigenvalue weighted by Crippen LogP contribution is 2.45. The minimum absolute atomic E-state index is 0.0106. The highest BCUT2D eigenvalue weighted by molar-refractivity contribution is 5.87. The number of nitrogens with one attached hydrogen (secondary N) is 1. The molecular formula is C27H41NO8. The van der Waals surface area contributed by atoms with Crippen molar-refractivity contribution in [2.24, 2.45) is 5.92 Å². The van der Waals surface area contributed by atoms with Gasteiger partial charge in [-0.2, -0.15) is 0 Å². The summed E-state index contributed by atoms with van der Waals surface area (Å²) in [5.41, 5.74) is 0.283. The van der Waals surface area contributed by atoms with Crippen LogP contribution < -0.4 is 5.32 Å². The van der Waals surface area contributed by atoms with Crippen molar-refractivity contribution < 1.29 is 38.7 Å². The first-order valence-electron chi connectivity index (χ1n) is 12.7. The number of esters is 1. The second-order valence-corrected chi connectivity index (χ2v) is 10.7. The third kappa shape index (κ3) is 7.73. The first kappa shape index (κ1) is 28.5. The van der Waals surface area contributed by atoms with Gasteiger partial charge >= 0.3 is 5.97 Å². The van der Waals surface area contributed by atoms with Gasteiger partial charge in [-0.1, -0.05) is 30.7 Å². The van der Waals surface area contributed by atoms with Gasteiger partial charge in [0.05, 0.1) is 24.9 Å². The Labute approximate surface area is 213 Å². The lowest BCUT2D eigenvalue weighted by Gasteiger charge is -2.40. The number of carbonyl (C=O) groups excluding carboxylic acids is 2. The fourth-order valence-electron chi connectivity index (χ4n) is 4.95. The lowest BCUT2D eigenvalue weighted by Crippen LogP contribution is -2.54. The molecule has 0 bridgehead atoms. The summed E-state index contributed by atoms with van der Waals surface area (Å²) in [6, 6.07) is -0.114. The Morgan fingerprint density at radius 3 is 2.58 bits per heavy atom. The van der Waals surface area contributed by atoms with E-state index in [-0.39, 0.29) is 36.5 Å². The van der Waals surface area contributed by atoms with Crippen LogP contribution in [-0.2, 0) is 28.5 Å². The predicted octanol–water partition coefficient (Wildman–Crippen LogP) is 2.31. The Balaban J connectivity index is 1.49. The Bertz CT molecular complexity index is 890. The molecular weight excluding hydrogens is 466 g/mol. The van der Waals surface area contributed by atoms with Gasteiger partial charge in [-0.15, -0.1) is 0 Å². The van der Waals surface area contributed by atoms with Crippen molar-refractivity contribution in [1.29, 1.82) is 0 Å². The fourth-order valence-corrected chi connectivity index (χ4v) is 4.95. The summed E-state index contributed by atoms with van der Waals surface area (Å²) in [6.07, 6.45) is 8.33. The van der Waals surface area contributed by atoms with E-state index in [0.29, 0.717) is 13.0 Å². The number of aliphatic hydroxyl groups is 2. The van der Waals surface area contributed by atoms with Crippen LogP contribution in [0.2, 0.25) is 0 Å². The van der Waals surface area contributed by atoms with E-state index in [2.05, 4.69) is 18.3 Å². The molecule has 1 spiro atoms. The molecule has 3 aliphatic heterocycles. The molecule has 1 amide bonds. The number of ether oxygens (including phenoxy) is 4. The van der Waals surface area contributed by atoms with E-state index in [1.165, 1.54) is 13.0 Å². The van der Waals surface area contributed by atoms with Crippen LogP contribution in [-0.4, -0.2) is 76.6 Å². The molecule has 0 aromatic heterocycles. The van der Waals surface area contributed by atoms with Crippen LogP contribution >= 0.6 is 0 Å². The number of amides is 1. The largest absolute Gasteiger partial charge is 0.459 e. The molecule has 9 atom stereocenters. The summed E-state index contributed by atoms with van der Waals surface area (Å²) in [7, 11) is 0. The molecule has 3 rings (SSSR count). The van der Waals surface area contributed by atoms with E-state index < -0.39 is 35.7 Å². The van der Waals surface area contributed by atoms with Gasteiger partial charge in [0.25, 0.3) is 0 Å². The molecule has 0 aliphatic carbocycles. The normalized spacial score (nSPS) is 39.9. The first-order chi connectivity index (χ1) is 16.8. The van der Waals surface area contributed by atoms with Crippen molar-refractivity contribution in [2.45, 2.75) is 109 Å². The molecule has 0 aromatic rings. The van der Waals surface area contributed by atoms with Gasteiger partial charge in [-0.25, -0.2) is 0 Å². The van der Waals surface area contributed by atoms with Gasteiger partial charge in [0, 0.05) is 19.4 Å². The van der Waals surface area contributed by atoms with Gasteiger partial charge in [-0.3, -0.25) is 9.59 Å². The van der Waals surface area contributed by atoms with Gasteiger partial charge in [0.2, 0.25) is 5.91 Å². The molecule has 9 nitrogen and oxygen atoms in total. The molecule has 3 fully saturated rings. The quantitative estimate of drug-likeness (QED) is 0.198. The van der Waals surface area contributed by atoms with Crippen LogP contribution in [0.5, 0.6) is 0 Å². The number of carbonyl (C=O) groups is 2. The van der Waals surface area contributed by atoms with Crippen LogP contribution in [0.15, 0.2) is 36.0 Å². The third-order valence-electron chi connectivity index (χ3n) is 7.02. The van der Waals surface area contributed by atoms with Crippen molar-refractivity contribution in [2.75, 3.05) is 6.61 Å². The molecule has 0 aromatic carbocycles. The summed E-state index contributed by atoms with van der Waals surface area (Å²) in [5.74, 6) is -1.75. The summed E-state index contributed by atoms with van der Waals surface area (Å²) in [4.78, 5) is 23.3. The highest BCUT2D eigenvalue weighted by Gasteiger charge is 2.61. The predicted molar refractivity (Wildman–Crippen MR) is 133 cm³/mol. The molecule has 3 heterocycles. The van der Waals surface area contributed by atoms with Crippen LogP contribution in [0.25, 0.3) is 0 Å². The maximum absolute atomic E-state index is 12.3. The van der Waals surface area contributed by atoms with Crippen LogP contribution in [0, 0.1) is 5.92 Å². The van der Waals surface area contributed by atoms with Crippen molar-refractivity contribution >= 4 is 11.9 Å². The second kappa shape index (κ2) is 11.6. The third-order valence-corrected chi connectivity index (χ3v) is 7.02. The molecule has 0 saturated carbocycles. The zero-order valence-electron chi connectivity index (χ0n) is 22.1. The monoisotopic (exact) mass is 507 g/mol. The average molecular weight is 508 g/mol. The smallest absolute Gasteiger partial charge is 0.303 e. The second-order valence-electron chi connectivity index (χ2n) is 10.7. The number of hydrogen-bond donors (Lipinski definition) is 3. The average Bonchev–Trinajstić information content (AvgIpc) is 3.54. The Hall–Kier alpha value is -2.04. The van der Waals surface area contributed by atoms with Crippen molar-refractivity contribution in [3.63, 3.8) is 0 Å². The lowest BCUT2D eigenvalue weighted by molar-refractivity contribution is -0.272. The molecule has 3 N–H and O–H groups in total. The molecule has 202 valence electrons. The van der Waals surface area contributed by atoms with Gasteiger partial charge in [0.1, 0.15) is 23.9 Å². The number of allylic oxidation sites excluding steroid dienone is 2. The van der Waals surface area contributed by atoms with Crippen molar-refractivity contribution in [3.05, 3.63) is 36.0 Å². The molecule has 36 heavy (non-hydrogen) atoms. The Kier molecular flexibility index (Phi) is 9.16. The van der Waals surface area contributed by atoms with Crippen LogP contribution in [0.4, 0.5) is 0 Å². The fraction of sp³-hybridized carbons (Fsp3) is 0.704. The summed E-state index contributed by atoms with van der Waals surface area (Å²) < 4.78 is 22.3. The number of epoxide rings is 1. The number of aliphatic hydroxyl groups excluding tert-OH is 1. The molecule has 3 unspecified atom stereocenters.